The molecule has 1 rings (SSSR count). The Balaban J connectivity index is 2.29. The van der Waals surface area contributed by atoms with Gasteiger partial charge in [0.05, 0.1) is 6.54 Å². The summed E-state index contributed by atoms with van der Waals surface area (Å²) in [6.07, 6.45) is 0.391. The fourth-order valence-electron chi connectivity index (χ4n) is 1.42. The second kappa shape index (κ2) is 5.85. The zero-order chi connectivity index (χ0) is 11.3. The molecule has 15 heavy (non-hydrogen) atoms. The third-order valence-electron chi connectivity index (χ3n) is 1.96. The minimum absolute atomic E-state index is 0.240. The van der Waals surface area contributed by atoms with Crippen molar-refractivity contribution in [3.63, 3.8) is 0 Å². The van der Waals surface area contributed by atoms with Crippen molar-refractivity contribution in [2.75, 3.05) is 13.2 Å². The standard InChI is InChI=1S/C9H17N3O2S/c1-6-5-7(2)15-9(12-6)11-3-4-14-8(10)13/h6-7H,3-5H2,1-2H3,(H2,10,13)(H,11,12). The summed E-state index contributed by atoms with van der Waals surface area (Å²) in [7, 11) is 0. The maximum absolute atomic E-state index is 10.3. The SMILES string of the molecule is CC1CC(C)SC(=NCCOC(N)=O)N1. The van der Waals surface area contributed by atoms with Gasteiger partial charge >= 0.3 is 6.09 Å². The van der Waals surface area contributed by atoms with Crippen molar-refractivity contribution in [3.05, 3.63) is 0 Å². The number of aliphatic imine (C=N–C) groups is 1. The number of nitrogens with one attached hydrogen (secondary N) is 1. The van der Waals surface area contributed by atoms with Crippen molar-refractivity contribution in [1.82, 2.24) is 5.32 Å². The van der Waals surface area contributed by atoms with Crippen LogP contribution in [0.15, 0.2) is 4.99 Å². The summed E-state index contributed by atoms with van der Waals surface area (Å²) in [5.74, 6) is 0. The van der Waals surface area contributed by atoms with Gasteiger partial charge in [0, 0.05) is 11.3 Å². The van der Waals surface area contributed by atoms with E-state index in [2.05, 4.69) is 28.9 Å². The molecule has 0 saturated carbocycles. The van der Waals surface area contributed by atoms with E-state index in [0.29, 0.717) is 17.8 Å². The van der Waals surface area contributed by atoms with Crippen LogP contribution in [-0.2, 0) is 4.74 Å². The molecule has 0 aliphatic carbocycles. The second-order valence-corrected chi connectivity index (χ2v) is 4.99. The lowest BCUT2D eigenvalue weighted by molar-refractivity contribution is 0.160. The summed E-state index contributed by atoms with van der Waals surface area (Å²) >= 11 is 1.72. The van der Waals surface area contributed by atoms with E-state index in [-0.39, 0.29) is 6.61 Å². The molecule has 2 atom stereocenters. The van der Waals surface area contributed by atoms with Gasteiger partial charge in [-0.05, 0) is 13.3 Å². The Morgan fingerprint density at radius 2 is 2.47 bits per heavy atom. The zero-order valence-corrected chi connectivity index (χ0v) is 9.84. The van der Waals surface area contributed by atoms with Crippen LogP contribution in [0.4, 0.5) is 4.79 Å². The molecule has 0 bridgehead atoms. The molecular weight excluding hydrogens is 214 g/mol. The minimum atomic E-state index is -0.749. The number of thioether (sulfide) groups is 1. The summed E-state index contributed by atoms with van der Waals surface area (Å²) in [5.41, 5.74) is 4.83. The van der Waals surface area contributed by atoms with Gasteiger partial charge in [0.25, 0.3) is 0 Å². The number of amidine groups is 1. The monoisotopic (exact) mass is 231 g/mol. The van der Waals surface area contributed by atoms with Gasteiger partial charge in [0.1, 0.15) is 6.61 Å². The molecule has 86 valence electrons. The first-order valence-corrected chi connectivity index (χ1v) is 5.85. The van der Waals surface area contributed by atoms with Crippen LogP contribution in [0.3, 0.4) is 0 Å². The van der Waals surface area contributed by atoms with E-state index in [0.717, 1.165) is 11.6 Å². The number of amides is 1. The van der Waals surface area contributed by atoms with E-state index in [1.165, 1.54) is 0 Å². The number of rotatable bonds is 3. The molecule has 1 saturated heterocycles. The van der Waals surface area contributed by atoms with E-state index in [4.69, 9.17) is 5.73 Å². The van der Waals surface area contributed by atoms with E-state index < -0.39 is 6.09 Å². The summed E-state index contributed by atoms with van der Waals surface area (Å²) in [5, 5.41) is 4.78. The number of nitrogens with two attached hydrogens (primary N) is 1. The van der Waals surface area contributed by atoms with E-state index in [1.807, 2.05) is 0 Å². The molecule has 1 heterocycles. The van der Waals surface area contributed by atoms with Crippen LogP contribution in [0.5, 0.6) is 0 Å². The summed E-state index contributed by atoms with van der Waals surface area (Å²) < 4.78 is 4.58. The van der Waals surface area contributed by atoms with Crippen molar-refractivity contribution in [2.24, 2.45) is 10.7 Å². The highest BCUT2D eigenvalue weighted by Crippen LogP contribution is 2.21. The maximum atomic E-state index is 10.3. The van der Waals surface area contributed by atoms with E-state index in [1.54, 1.807) is 11.8 Å². The third-order valence-corrected chi connectivity index (χ3v) is 3.02. The van der Waals surface area contributed by atoms with Crippen molar-refractivity contribution in [1.29, 1.82) is 0 Å². The predicted octanol–water partition coefficient (Wildman–Crippen LogP) is 0.941. The Morgan fingerprint density at radius 3 is 3.07 bits per heavy atom. The highest BCUT2D eigenvalue weighted by molar-refractivity contribution is 8.14. The number of carbonyl (C=O) groups excluding carboxylic acids is 1. The first kappa shape index (κ1) is 12.2. The van der Waals surface area contributed by atoms with Crippen LogP contribution in [-0.4, -0.2) is 35.7 Å². The van der Waals surface area contributed by atoms with Gasteiger partial charge in [-0.1, -0.05) is 18.7 Å². The molecule has 5 nitrogen and oxygen atoms in total. The Labute approximate surface area is 93.8 Å². The number of hydrogen-bond acceptors (Lipinski definition) is 4. The average Bonchev–Trinajstić information content (AvgIpc) is 2.10. The van der Waals surface area contributed by atoms with E-state index in [9.17, 15) is 4.79 Å². The average molecular weight is 231 g/mol. The molecule has 6 heteroatoms. The van der Waals surface area contributed by atoms with Gasteiger partial charge in [0.2, 0.25) is 0 Å². The van der Waals surface area contributed by atoms with Gasteiger partial charge in [-0.2, -0.15) is 0 Å². The number of primary amides is 1. The lowest BCUT2D eigenvalue weighted by Gasteiger charge is -2.26. The molecule has 3 N–H and O–H groups in total. The lowest BCUT2D eigenvalue weighted by Crippen LogP contribution is -2.38. The molecule has 1 aliphatic heterocycles. The highest BCUT2D eigenvalue weighted by Gasteiger charge is 2.19. The van der Waals surface area contributed by atoms with Gasteiger partial charge in [-0.15, -0.1) is 0 Å². The summed E-state index contributed by atoms with van der Waals surface area (Å²) in [4.78, 5) is 14.6. The van der Waals surface area contributed by atoms with Gasteiger partial charge in [-0.25, -0.2) is 4.79 Å². The number of ether oxygens (including phenoxy) is 1. The third kappa shape index (κ3) is 4.92. The topological polar surface area (TPSA) is 76.7 Å². The number of carbonyl (C=O) groups is 1. The predicted molar refractivity (Wildman–Crippen MR) is 62.1 cm³/mol. The van der Waals surface area contributed by atoms with Crippen molar-refractivity contribution in [3.8, 4) is 0 Å². The molecule has 0 aromatic carbocycles. The normalized spacial score (nSPS) is 28.5. The van der Waals surface area contributed by atoms with Crippen molar-refractivity contribution in [2.45, 2.75) is 31.6 Å². The molecule has 2 unspecified atom stereocenters. The summed E-state index contributed by atoms with van der Waals surface area (Å²) in [6.45, 7) is 5.00. The fourth-order valence-corrected chi connectivity index (χ4v) is 2.62. The molecule has 0 radical (unpaired) electrons. The van der Waals surface area contributed by atoms with Crippen molar-refractivity contribution >= 4 is 23.0 Å². The van der Waals surface area contributed by atoms with Crippen LogP contribution in [0.1, 0.15) is 20.3 Å². The minimum Gasteiger partial charge on any atom is -0.448 e. The summed E-state index contributed by atoms with van der Waals surface area (Å²) in [6, 6.07) is 0.456. The molecular formula is C9H17N3O2S. The Hall–Kier alpha value is -0.910. The Morgan fingerprint density at radius 1 is 1.73 bits per heavy atom. The van der Waals surface area contributed by atoms with Crippen LogP contribution < -0.4 is 11.1 Å². The number of nitrogens with zero attached hydrogens (tertiary/aromatic N) is 1. The molecule has 1 aliphatic rings. The lowest BCUT2D eigenvalue weighted by atomic mass is 10.2. The largest absolute Gasteiger partial charge is 0.448 e. The first-order valence-electron chi connectivity index (χ1n) is 4.98. The van der Waals surface area contributed by atoms with Crippen molar-refractivity contribution < 1.29 is 9.53 Å². The smallest absolute Gasteiger partial charge is 0.404 e. The Kier molecular flexibility index (Phi) is 4.74. The maximum Gasteiger partial charge on any atom is 0.404 e. The molecule has 1 amide bonds. The molecule has 0 spiro atoms. The molecule has 0 aromatic rings. The number of hydrogen-bond donors (Lipinski definition) is 2. The molecule has 0 aromatic heterocycles. The zero-order valence-electron chi connectivity index (χ0n) is 9.03. The quantitative estimate of drug-likeness (QED) is 0.709. The van der Waals surface area contributed by atoms with Gasteiger partial charge in [-0.3, -0.25) is 4.99 Å². The van der Waals surface area contributed by atoms with Crippen LogP contribution >= 0.6 is 11.8 Å². The second-order valence-electron chi connectivity index (χ2n) is 3.56. The Bertz CT molecular complexity index is 246. The van der Waals surface area contributed by atoms with Gasteiger partial charge < -0.3 is 15.8 Å². The van der Waals surface area contributed by atoms with Crippen LogP contribution in [0.2, 0.25) is 0 Å². The first-order chi connectivity index (χ1) is 7.08. The van der Waals surface area contributed by atoms with E-state index >= 15 is 0 Å². The van der Waals surface area contributed by atoms with Crippen LogP contribution in [0.25, 0.3) is 0 Å². The highest BCUT2D eigenvalue weighted by atomic mass is 32.2. The van der Waals surface area contributed by atoms with Gasteiger partial charge in [0.15, 0.2) is 5.17 Å². The fraction of sp³-hybridized carbons (Fsp3) is 0.778. The van der Waals surface area contributed by atoms with Crippen LogP contribution in [0, 0.1) is 0 Å². The molecule has 1 fully saturated rings.